The SMILES string of the molecule is CCCCc1oc(C)c(C)c1CC. The third-order valence-corrected chi connectivity index (χ3v) is 2.70. The number of rotatable bonds is 4. The molecule has 0 amide bonds. The summed E-state index contributed by atoms with van der Waals surface area (Å²) in [6.07, 6.45) is 4.68. The highest BCUT2D eigenvalue weighted by Gasteiger charge is 2.11. The average Bonchev–Trinajstić information content (AvgIpc) is 2.39. The Morgan fingerprint density at radius 3 is 2.38 bits per heavy atom. The Labute approximate surface area is 81.1 Å². The van der Waals surface area contributed by atoms with E-state index in [1.807, 2.05) is 0 Å². The van der Waals surface area contributed by atoms with Gasteiger partial charge in [0.15, 0.2) is 0 Å². The molecule has 1 rings (SSSR count). The summed E-state index contributed by atoms with van der Waals surface area (Å²) in [7, 11) is 0. The molecule has 0 spiro atoms. The van der Waals surface area contributed by atoms with Gasteiger partial charge in [-0.3, -0.25) is 0 Å². The molecule has 13 heavy (non-hydrogen) atoms. The van der Waals surface area contributed by atoms with E-state index in [9.17, 15) is 0 Å². The molecule has 0 atom stereocenters. The highest BCUT2D eigenvalue weighted by atomic mass is 16.3. The van der Waals surface area contributed by atoms with Crippen LogP contribution in [0, 0.1) is 13.8 Å². The first-order valence-corrected chi connectivity index (χ1v) is 5.28. The van der Waals surface area contributed by atoms with E-state index in [0.717, 1.165) is 18.6 Å². The summed E-state index contributed by atoms with van der Waals surface area (Å²) in [5, 5.41) is 0. The molecule has 1 aromatic rings. The molecule has 0 unspecified atom stereocenters. The number of hydrogen-bond donors (Lipinski definition) is 0. The van der Waals surface area contributed by atoms with Crippen LogP contribution in [-0.4, -0.2) is 0 Å². The first-order chi connectivity index (χ1) is 6.20. The Morgan fingerprint density at radius 2 is 1.85 bits per heavy atom. The first-order valence-electron chi connectivity index (χ1n) is 5.28. The van der Waals surface area contributed by atoms with Crippen LogP contribution >= 0.6 is 0 Å². The lowest BCUT2D eigenvalue weighted by Crippen LogP contribution is -1.89. The third kappa shape index (κ3) is 2.15. The Balaban J connectivity index is 2.86. The Hall–Kier alpha value is -0.720. The molecule has 0 saturated carbocycles. The molecular weight excluding hydrogens is 160 g/mol. The minimum absolute atomic E-state index is 1.10. The van der Waals surface area contributed by atoms with Crippen molar-refractivity contribution in [2.24, 2.45) is 0 Å². The Kier molecular flexibility index (Phi) is 3.58. The molecule has 1 heteroatoms. The van der Waals surface area contributed by atoms with Gasteiger partial charge in [0.25, 0.3) is 0 Å². The van der Waals surface area contributed by atoms with E-state index in [0.29, 0.717) is 0 Å². The van der Waals surface area contributed by atoms with E-state index in [1.165, 1.54) is 29.7 Å². The Bertz CT molecular complexity index is 271. The second kappa shape index (κ2) is 4.50. The Morgan fingerprint density at radius 1 is 1.15 bits per heavy atom. The monoisotopic (exact) mass is 180 g/mol. The van der Waals surface area contributed by atoms with Crippen LogP contribution in [-0.2, 0) is 12.8 Å². The summed E-state index contributed by atoms with van der Waals surface area (Å²) >= 11 is 0. The van der Waals surface area contributed by atoms with Crippen molar-refractivity contribution in [1.82, 2.24) is 0 Å². The zero-order chi connectivity index (χ0) is 9.84. The molecule has 0 aliphatic carbocycles. The van der Waals surface area contributed by atoms with Gasteiger partial charge < -0.3 is 4.42 Å². The number of aryl methyl sites for hydroxylation is 2. The number of furan rings is 1. The largest absolute Gasteiger partial charge is 0.466 e. The predicted molar refractivity (Wildman–Crippen MR) is 56.2 cm³/mol. The predicted octanol–water partition coefficient (Wildman–Crippen LogP) is 3.80. The molecular formula is C12H20O. The number of unbranched alkanes of at least 4 members (excludes halogenated alkanes) is 1. The van der Waals surface area contributed by atoms with Crippen molar-refractivity contribution in [2.75, 3.05) is 0 Å². The molecule has 0 aliphatic heterocycles. The van der Waals surface area contributed by atoms with E-state index in [4.69, 9.17) is 4.42 Å². The van der Waals surface area contributed by atoms with Crippen LogP contribution in [0.25, 0.3) is 0 Å². The van der Waals surface area contributed by atoms with Gasteiger partial charge >= 0.3 is 0 Å². The lowest BCUT2D eigenvalue weighted by atomic mass is 10.0. The summed E-state index contributed by atoms with van der Waals surface area (Å²) in [6, 6.07) is 0. The lowest BCUT2D eigenvalue weighted by Gasteiger charge is -1.98. The normalized spacial score (nSPS) is 10.8. The van der Waals surface area contributed by atoms with Gasteiger partial charge in [0.2, 0.25) is 0 Å². The topological polar surface area (TPSA) is 13.1 Å². The van der Waals surface area contributed by atoms with Crippen LogP contribution < -0.4 is 0 Å². The van der Waals surface area contributed by atoms with Gasteiger partial charge in [-0.2, -0.15) is 0 Å². The summed E-state index contributed by atoms with van der Waals surface area (Å²) in [4.78, 5) is 0. The maximum Gasteiger partial charge on any atom is 0.107 e. The highest BCUT2D eigenvalue weighted by molar-refractivity contribution is 5.31. The second-order valence-electron chi connectivity index (χ2n) is 3.64. The molecule has 0 N–H and O–H groups in total. The van der Waals surface area contributed by atoms with Crippen LogP contribution in [0.1, 0.15) is 49.3 Å². The van der Waals surface area contributed by atoms with Crippen molar-refractivity contribution >= 4 is 0 Å². The van der Waals surface area contributed by atoms with Crippen molar-refractivity contribution in [3.63, 3.8) is 0 Å². The quantitative estimate of drug-likeness (QED) is 0.687. The fourth-order valence-corrected chi connectivity index (χ4v) is 1.75. The molecule has 74 valence electrons. The van der Waals surface area contributed by atoms with E-state index in [1.54, 1.807) is 0 Å². The van der Waals surface area contributed by atoms with Crippen molar-refractivity contribution in [2.45, 2.75) is 53.4 Å². The van der Waals surface area contributed by atoms with Crippen LogP contribution in [0.2, 0.25) is 0 Å². The zero-order valence-corrected chi connectivity index (χ0v) is 9.24. The smallest absolute Gasteiger partial charge is 0.107 e. The molecule has 0 bridgehead atoms. The van der Waals surface area contributed by atoms with E-state index < -0.39 is 0 Å². The van der Waals surface area contributed by atoms with Crippen molar-refractivity contribution in [3.05, 3.63) is 22.6 Å². The van der Waals surface area contributed by atoms with Crippen molar-refractivity contribution in [3.8, 4) is 0 Å². The van der Waals surface area contributed by atoms with E-state index >= 15 is 0 Å². The molecule has 1 aromatic heterocycles. The average molecular weight is 180 g/mol. The maximum absolute atomic E-state index is 5.74. The minimum Gasteiger partial charge on any atom is -0.466 e. The van der Waals surface area contributed by atoms with Crippen LogP contribution in [0.3, 0.4) is 0 Å². The standard InChI is InChI=1S/C12H20O/c1-5-7-8-12-11(6-2)9(3)10(4)13-12/h5-8H2,1-4H3. The highest BCUT2D eigenvalue weighted by Crippen LogP contribution is 2.23. The summed E-state index contributed by atoms with van der Waals surface area (Å²) in [5.74, 6) is 2.32. The van der Waals surface area contributed by atoms with Gasteiger partial charge in [-0.05, 0) is 37.8 Å². The molecule has 1 nitrogen and oxygen atoms in total. The summed E-state index contributed by atoms with van der Waals surface area (Å²) < 4.78 is 5.74. The van der Waals surface area contributed by atoms with Gasteiger partial charge in [-0.25, -0.2) is 0 Å². The van der Waals surface area contributed by atoms with Crippen LogP contribution in [0.15, 0.2) is 4.42 Å². The molecule has 0 aromatic carbocycles. The zero-order valence-electron chi connectivity index (χ0n) is 9.24. The molecule has 0 aliphatic rings. The van der Waals surface area contributed by atoms with Crippen molar-refractivity contribution < 1.29 is 4.42 Å². The van der Waals surface area contributed by atoms with Crippen LogP contribution in [0.4, 0.5) is 0 Å². The van der Waals surface area contributed by atoms with Gasteiger partial charge in [0.1, 0.15) is 11.5 Å². The fourth-order valence-electron chi connectivity index (χ4n) is 1.75. The summed E-state index contributed by atoms with van der Waals surface area (Å²) in [5.41, 5.74) is 2.79. The van der Waals surface area contributed by atoms with Gasteiger partial charge in [-0.1, -0.05) is 20.3 Å². The lowest BCUT2D eigenvalue weighted by molar-refractivity contribution is 0.471. The van der Waals surface area contributed by atoms with Crippen molar-refractivity contribution in [1.29, 1.82) is 0 Å². The maximum atomic E-state index is 5.74. The molecule has 0 saturated heterocycles. The minimum atomic E-state index is 1.10. The second-order valence-corrected chi connectivity index (χ2v) is 3.64. The van der Waals surface area contributed by atoms with E-state index in [2.05, 4.69) is 27.7 Å². The van der Waals surface area contributed by atoms with Gasteiger partial charge in [0, 0.05) is 6.42 Å². The molecule has 1 heterocycles. The van der Waals surface area contributed by atoms with Gasteiger partial charge in [0.05, 0.1) is 0 Å². The summed E-state index contributed by atoms with van der Waals surface area (Å²) in [6.45, 7) is 8.64. The first kappa shape index (κ1) is 10.4. The number of hydrogen-bond acceptors (Lipinski definition) is 1. The molecule has 0 fully saturated rings. The molecule has 0 radical (unpaired) electrons. The van der Waals surface area contributed by atoms with E-state index in [-0.39, 0.29) is 0 Å². The third-order valence-electron chi connectivity index (χ3n) is 2.70. The fraction of sp³-hybridized carbons (Fsp3) is 0.667. The van der Waals surface area contributed by atoms with Gasteiger partial charge in [-0.15, -0.1) is 0 Å². The van der Waals surface area contributed by atoms with Crippen LogP contribution in [0.5, 0.6) is 0 Å².